The Kier molecular flexibility index (Phi) is 15.4. The second-order valence-electron chi connectivity index (χ2n) is 6.60. The van der Waals surface area contributed by atoms with E-state index in [1.807, 2.05) is 0 Å². The molecule has 0 bridgehead atoms. The largest absolute Gasteiger partial charge is 0.300 e. The maximum atomic E-state index is 11.8. The van der Waals surface area contributed by atoms with Crippen molar-refractivity contribution in [1.29, 1.82) is 0 Å². The van der Waals surface area contributed by atoms with Crippen molar-refractivity contribution in [2.75, 3.05) is 6.54 Å². The van der Waals surface area contributed by atoms with Crippen LogP contribution in [0.25, 0.3) is 0 Å². The van der Waals surface area contributed by atoms with E-state index in [0.717, 1.165) is 69.0 Å². The average molecular weight is 327 g/mol. The summed E-state index contributed by atoms with van der Waals surface area (Å²) in [4.78, 5) is 11.8. The van der Waals surface area contributed by atoms with Crippen LogP contribution in [-0.2, 0) is 4.79 Å². The van der Waals surface area contributed by atoms with Crippen molar-refractivity contribution in [3.05, 3.63) is 12.8 Å². The van der Waals surface area contributed by atoms with Gasteiger partial charge in [-0.05, 0) is 25.2 Å². The van der Waals surface area contributed by atoms with E-state index in [4.69, 9.17) is 5.21 Å². The molecule has 0 saturated heterocycles. The molecule has 2 N–H and O–H groups in total. The number of nitrogens with one attached hydrogen (secondary N) is 1. The summed E-state index contributed by atoms with van der Waals surface area (Å²) in [6.45, 7) is 8.74. The summed E-state index contributed by atoms with van der Waals surface area (Å²) in [5.41, 5.74) is 2.80. The molecule has 0 aromatic rings. The smallest absolute Gasteiger partial charge is 0.132 e. The number of hydrogen-bond acceptors (Lipinski definition) is 4. The number of Topliss-reactive ketones (excluding diaryl/α,β-unsaturated/α-hetero) is 1. The monoisotopic (exact) mass is 326 g/mol. The molecule has 0 aliphatic carbocycles. The van der Waals surface area contributed by atoms with Crippen LogP contribution in [0.3, 0.4) is 0 Å². The normalized spacial score (nSPS) is 12.1. The number of hydroxylamine groups is 1. The SMILES string of the molecule is C=CN(O)NCCCCCCCC(=O)CCCCCC(C)CC. The van der Waals surface area contributed by atoms with Gasteiger partial charge in [0.1, 0.15) is 5.78 Å². The highest BCUT2D eigenvalue weighted by Gasteiger charge is 2.03. The first-order valence-corrected chi connectivity index (χ1v) is 9.46. The summed E-state index contributed by atoms with van der Waals surface area (Å²) in [5, 5.41) is 9.96. The van der Waals surface area contributed by atoms with Crippen molar-refractivity contribution in [2.24, 2.45) is 5.92 Å². The van der Waals surface area contributed by atoms with Crippen molar-refractivity contribution in [3.63, 3.8) is 0 Å². The highest BCUT2D eigenvalue weighted by atomic mass is 16.5. The zero-order chi connectivity index (χ0) is 17.3. The summed E-state index contributed by atoms with van der Waals surface area (Å²) in [6.07, 6.45) is 14.4. The van der Waals surface area contributed by atoms with Gasteiger partial charge in [-0.25, -0.2) is 5.43 Å². The second-order valence-corrected chi connectivity index (χ2v) is 6.60. The number of ketones is 1. The molecule has 0 radical (unpaired) electrons. The molecule has 0 amide bonds. The Morgan fingerprint density at radius 2 is 1.65 bits per heavy atom. The lowest BCUT2D eigenvalue weighted by Gasteiger charge is -2.11. The number of unbranched alkanes of at least 4 members (excludes halogenated alkanes) is 6. The van der Waals surface area contributed by atoms with E-state index >= 15 is 0 Å². The quantitative estimate of drug-likeness (QED) is 0.284. The minimum Gasteiger partial charge on any atom is -0.300 e. The third kappa shape index (κ3) is 15.8. The number of hydrogen-bond donors (Lipinski definition) is 2. The van der Waals surface area contributed by atoms with E-state index in [1.54, 1.807) is 0 Å². The molecular weight excluding hydrogens is 288 g/mol. The number of carbonyl (C=O) groups is 1. The molecule has 0 aromatic heterocycles. The number of hydrazine groups is 1. The Hall–Kier alpha value is -0.870. The van der Waals surface area contributed by atoms with E-state index in [1.165, 1.54) is 31.9 Å². The van der Waals surface area contributed by atoms with E-state index in [0.29, 0.717) is 5.78 Å². The van der Waals surface area contributed by atoms with Crippen molar-refractivity contribution < 1.29 is 10.0 Å². The van der Waals surface area contributed by atoms with Crippen LogP contribution >= 0.6 is 0 Å². The van der Waals surface area contributed by atoms with Crippen molar-refractivity contribution in [3.8, 4) is 0 Å². The second kappa shape index (κ2) is 16.0. The Bertz CT molecular complexity index is 295. The zero-order valence-electron chi connectivity index (χ0n) is 15.4. The molecule has 0 saturated carbocycles. The molecule has 0 spiro atoms. The predicted octanol–water partition coefficient (Wildman–Crippen LogP) is 5.23. The van der Waals surface area contributed by atoms with Crippen LogP contribution in [0.15, 0.2) is 12.8 Å². The van der Waals surface area contributed by atoms with Crippen LogP contribution < -0.4 is 5.43 Å². The average Bonchev–Trinajstić information content (AvgIpc) is 2.56. The van der Waals surface area contributed by atoms with Crippen molar-refractivity contribution in [2.45, 2.75) is 90.9 Å². The van der Waals surface area contributed by atoms with Gasteiger partial charge in [0.15, 0.2) is 0 Å². The highest BCUT2D eigenvalue weighted by molar-refractivity contribution is 5.78. The topological polar surface area (TPSA) is 52.6 Å². The molecule has 0 aliphatic rings. The molecule has 23 heavy (non-hydrogen) atoms. The van der Waals surface area contributed by atoms with Gasteiger partial charge in [-0.15, -0.1) is 0 Å². The lowest BCUT2D eigenvalue weighted by atomic mass is 9.99. The summed E-state index contributed by atoms with van der Waals surface area (Å²) in [7, 11) is 0. The molecule has 0 aromatic carbocycles. The maximum absolute atomic E-state index is 11.8. The Morgan fingerprint density at radius 3 is 2.26 bits per heavy atom. The highest BCUT2D eigenvalue weighted by Crippen LogP contribution is 2.14. The van der Waals surface area contributed by atoms with E-state index in [9.17, 15) is 4.79 Å². The maximum Gasteiger partial charge on any atom is 0.132 e. The van der Waals surface area contributed by atoms with Gasteiger partial charge >= 0.3 is 0 Å². The number of nitrogens with zero attached hydrogens (tertiary/aromatic N) is 1. The third-order valence-electron chi connectivity index (χ3n) is 4.43. The zero-order valence-corrected chi connectivity index (χ0v) is 15.4. The molecule has 0 aliphatic heterocycles. The standard InChI is InChI=1S/C19H38N2O2/c1-4-18(3)14-10-9-12-16-19(22)15-11-7-6-8-13-17-20-21(23)5-2/h5,18,20,23H,2,4,6-17H2,1,3H3. The summed E-state index contributed by atoms with van der Waals surface area (Å²) in [6, 6.07) is 0. The summed E-state index contributed by atoms with van der Waals surface area (Å²) in [5.74, 6) is 1.27. The molecular formula is C19H38N2O2. The van der Waals surface area contributed by atoms with E-state index in [-0.39, 0.29) is 0 Å². The first-order chi connectivity index (χ1) is 11.1. The first kappa shape index (κ1) is 22.1. The molecule has 0 fully saturated rings. The van der Waals surface area contributed by atoms with Gasteiger partial charge in [-0.2, -0.15) is 5.17 Å². The van der Waals surface area contributed by atoms with Crippen LogP contribution in [0.5, 0.6) is 0 Å². The van der Waals surface area contributed by atoms with Crippen molar-refractivity contribution in [1.82, 2.24) is 10.6 Å². The lowest BCUT2D eigenvalue weighted by molar-refractivity contribution is -0.119. The number of carbonyl (C=O) groups excluding carboxylic acids is 1. The summed E-state index contributed by atoms with van der Waals surface area (Å²) < 4.78 is 0. The van der Waals surface area contributed by atoms with Gasteiger partial charge in [-0.1, -0.05) is 65.4 Å². The van der Waals surface area contributed by atoms with Gasteiger partial charge < -0.3 is 0 Å². The van der Waals surface area contributed by atoms with Crippen LogP contribution in [0, 0.1) is 5.92 Å². The fourth-order valence-corrected chi connectivity index (χ4v) is 2.56. The van der Waals surface area contributed by atoms with Crippen LogP contribution in [0.2, 0.25) is 0 Å². The molecule has 0 rings (SSSR count). The predicted molar refractivity (Wildman–Crippen MR) is 97.1 cm³/mol. The van der Waals surface area contributed by atoms with Gasteiger partial charge in [0.05, 0.1) is 0 Å². The van der Waals surface area contributed by atoms with Gasteiger partial charge in [0, 0.05) is 25.6 Å². The molecule has 1 atom stereocenters. The van der Waals surface area contributed by atoms with E-state index in [2.05, 4.69) is 25.9 Å². The first-order valence-electron chi connectivity index (χ1n) is 9.46. The molecule has 136 valence electrons. The van der Waals surface area contributed by atoms with Gasteiger partial charge in [0.25, 0.3) is 0 Å². The van der Waals surface area contributed by atoms with Crippen LogP contribution in [-0.4, -0.2) is 22.7 Å². The van der Waals surface area contributed by atoms with Gasteiger partial charge in [-0.3, -0.25) is 10.0 Å². The van der Waals surface area contributed by atoms with Crippen LogP contribution in [0.4, 0.5) is 0 Å². The van der Waals surface area contributed by atoms with Crippen molar-refractivity contribution >= 4 is 5.78 Å². The third-order valence-corrected chi connectivity index (χ3v) is 4.43. The van der Waals surface area contributed by atoms with Crippen LogP contribution in [0.1, 0.15) is 90.9 Å². The molecule has 0 heterocycles. The van der Waals surface area contributed by atoms with Gasteiger partial charge in [0.2, 0.25) is 0 Å². The van der Waals surface area contributed by atoms with E-state index < -0.39 is 0 Å². The molecule has 4 nitrogen and oxygen atoms in total. The fourth-order valence-electron chi connectivity index (χ4n) is 2.56. The minimum atomic E-state index is 0.442. The lowest BCUT2D eigenvalue weighted by Crippen LogP contribution is -2.30. The molecule has 4 heteroatoms. The Balaban J connectivity index is 3.26. The minimum absolute atomic E-state index is 0.442. The summed E-state index contributed by atoms with van der Waals surface area (Å²) >= 11 is 0. The number of rotatable bonds is 17. The molecule has 1 unspecified atom stereocenters. The fraction of sp³-hybridized carbons (Fsp3) is 0.842. The Morgan fingerprint density at radius 1 is 1.09 bits per heavy atom. The Labute approximate surface area is 143 Å².